The van der Waals surface area contributed by atoms with Gasteiger partial charge < -0.3 is 20.1 Å². The lowest BCUT2D eigenvalue weighted by atomic mass is 10.2. The lowest BCUT2D eigenvalue weighted by Gasteiger charge is -2.17. The van der Waals surface area contributed by atoms with E-state index in [2.05, 4.69) is 10.6 Å². The lowest BCUT2D eigenvalue weighted by molar-refractivity contribution is -0.114. The van der Waals surface area contributed by atoms with Crippen molar-refractivity contribution in [2.45, 2.75) is 39.5 Å². The molecule has 0 saturated heterocycles. The third-order valence-corrected chi connectivity index (χ3v) is 3.83. The van der Waals surface area contributed by atoms with Crippen LogP contribution in [0.5, 0.6) is 0 Å². The normalized spacial score (nSPS) is 11.5. The van der Waals surface area contributed by atoms with Gasteiger partial charge in [-0.25, -0.2) is 4.79 Å². The first-order valence-corrected chi connectivity index (χ1v) is 8.99. The van der Waals surface area contributed by atoms with Crippen LogP contribution < -0.4 is 10.6 Å². The molecule has 6 nitrogen and oxygen atoms in total. The van der Waals surface area contributed by atoms with Gasteiger partial charge in [0.2, 0.25) is 5.91 Å². The van der Waals surface area contributed by atoms with Crippen molar-refractivity contribution in [1.82, 2.24) is 5.32 Å². The zero-order valence-electron chi connectivity index (χ0n) is 15.7. The highest BCUT2D eigenvalue weighted by Crippen LogP contribution is 2.12. The average Bonchev–Trinajstić information content (AvgIpc) is 2.66. The third kappa shape index (κ3) is 7.92. The highest BCUT2D eigenvalue weighted by molar-refractivity contribution is 5.88. The standard InChI is InChI=1S/C21H26N2O4/c1-3-20(27-21(25)22-13-17-8-5-4-6-9-17)15-26-14-18-10-7-11-19(12-18)23-16(2)24/h4-12,20H,3,13-15H2,1-2H3,(H,22,25)(H,23,24). The molecule has 2 rings (SSSR count). The maximum atomic E-state index is 11.9. The van der Waals surface area contributed by atoms with E-state index in [0.717, 1.165) is 16.8 Å². The second-order valence-corrected chi connectivity index (χ2v) is 6.17. The smallest absolute Gasteiger partial charge is 0.407 e. The molecular weight excluding hydrogens is 344 g/mol. The maximum absolute atomic E-state index is 11.9. The van der Waals surface area contributed by atoms with Gasteiger partial charge in [0.05, 0.1) is 13.2 Å². The van der Waals surface area contributed by atoms with Crippen LogP contribution in [0.4, 0.5) is 10.5 Å². The summed E-state index contributed by atoms with van der Waals surface area (Å²) in [6.45, 7) is 4.51. The lowest BCUT2D eigenvalue weighted by Crippen LogP contribution is -2.30. The molecule has 2 aromatic rings. The van der Waals surface area contributed by atoms with E-state index in [-0.39, 0.29) is 12.0 Å². The molecule has 0 aliphatic rings. The number of benzene rings is 2. The second-order valence-electron chi connectivity index (χ2n) is 6.17. The minimum absolute atomic E-state index is 0.117. The van der Waals surface area contributed by atoms with E-state index in [4.69, 9.17) is 9.47 Å². The summed E-state index contributed by atoms with van der Waals surface area (Å²) in [5.74, 6) is -0.117. The minimum atomic E-state index is -0.457. The van der Waals surface area contributed by atoms with E-state index in [1.165, 1.54) is 6.92 Å². The topological polar surface area (TPSA) is 76.7 Å². The fourth-order valence-corrected chi connectivity index (χ4v) is 2.45. The van der Waals surface area contributed by atoms with Gasteiger partial charge in [-0.05, 0) is 29.7 Å². The molecule has 144 valence electrons. The van der Waals surface area contributed by atoms with E-state index < -0.39 is 6.09 Å². The Bertz CT molecular complexity index is 734. The molecule has 2 amide bonds. The Hall–Kier alpha value is -2.86. The van der Waals surface area contributed by atoms with Crippen molar-refractivity contribution in [3.05, 3.63) is 65.7 Å². The van der Waals surface area contributed by atoms with Crippen molar-refractivity contribution >= 4 is 17.7 Å². The number of hydrogen-bond donors (Lipinski definition) is 2. The van der Waals surface area contributed by atoms with Gasteiger partial charge in [-0.3, -0.25) is 4.79 Å². The molecular formula is C21H26N2O4. The molecule has 0 aromatic heterocycles. The Balaban J connectivity index is 1.73. The summed E-state index contributed by atoms with van der Waals surface area (Å²) in [6, 6.07) is 17.1. The number of ether oxygens (including phenoxy) is 2. The summed E-state index contributed by atoms with van der Waals surface area (Å²) in [4.78, 5) is 23.1. The predicted octanol–water partition coefficient (Wildman–Crippen LogP) is 3.87. The molecule has 2 aromatic carbocycles. The first kappa shape index (κ1) is 20.5. The Labute approximate surface area is 159 Å². The van der Waals surface area contributed by atoms with Crippen LogP contribution in [0, 0.1) is 0 Å². The van der Waals surface area contributed by atoms with Crippen LogP contribution in [0.25, 0.3) is 0 Å². The van der Waals surface area contributed by atoms with Crippen molar-refractivity contribution in [1.29, 1.82) is 0 Å². The summed E-state index contributed by atoms with van der Waals surface area (Å²) in [6.07, 6.45) is -0.119. The first-order chi connectivity index (χ1) is 13.1. The summed E-state index contributed by atoms with van der Waals surface area (Å²) >= 11 is 0. The van der Waals surface area contributed by atoms with Crippen LogP contribution in [0.3, 0.4) is 0 Å². The van der Waals surface area contributed by atoms with Crippen LogP contribution in [-0.2, 0) is 27.4 Å². The zero-order valence-corrected chi connectivity index (χ0v) is 15.7. The number of carbonyl (C=O) groups excluding carboxylic acids is 2. The first-order valence-electron chi connectivity index (χ1n) is 8.99. The van der Waals surface area contributed by atoms with Gasteiger partial charge in [0.25, 0.3) is 0 Å². The molecule has 0 aliphatic carbocycles. The molecule has 2 N–H and O–H groups in total. The largest absolute Gasteiger partial charge is 0.444 e. The molecule has 1 atom stereocenters. The van der Waals surface area contributed by atoms with Gasteiger partial charge in [-0.1, -0.05) is 49.4 Å². The van der Waals surface area contributed by atoms with Gasteiger partial charge in [0.15, 0.2) is 0 Å². The Morgan fingerprint density at radius 1 is 1.04 bits per heavy atom. The number of amides is 2. The molecule has 27 heavy (non-hydrogen) atoms. The summed E-state index contributed by atoms with van der Waals surface area (Å²) in [5.41, 5.74) is 2.68. The number of rotatable bonds is 9. The number of nitrogens with one attached hydrogen (secondary N) is 2. The number of alkyl carbamates (subject to hydrolysis) is 1. The van der Waals surface area contributed by atoms with E-state index >= 15 is 0 Å². The summed E-state index contributed by atoms with van der Waals surface area (Å²) in [7, 11) is 0. The summed E-state index contributed by atoms with van der Waals surface area (Å²) in [5, 5.41) is 5.48. The second kappa shape index (κ2) is 11.0. The van der Waals surface area contributed by atoms with Crippen LogP contribution in [0.2, 0.25) is 0 Å². The fraction of sp³-hybridized carbons (Fsp3) is 0.333. The van der Waals surface area contributed by atoms with Gasteiger partial charge in [0.1, 0.15) is 6.10 Å². The highest BCUT2D eigenvalue weighted by atomic mass is 16.6. The molecule has 0 aliphatic heterocycles. The van der Waals surface area contributed by atoms with Gasteiger partial charge in [0, 0.05) is 19.2 Å². The fourth-order valence-electron chi connectivity index (χ4n) is 2.45. The van der Waals surface area contributed by atoms with Crippen molar-refractivity contribution in [2.24, 2.45) is 0 Å². The molecule has 0 heterocycles. The monoisotopic (exact) mass is 370 g/mol. The van der Waals surface area contributed by atoms with Crippen molar-refractivity contribution in [2.75, 3.05) is 11.9 Å². The Morgan fingerprint density at radius 2 is 1.78 bits per heavy atom. The molecule has 0 radical (unpaired) electrons. The molecule has 0 saturated carbocycles. The van der Waals surface area contributed by atoms with Crippen LogP contribution in [0.15, 0.2) is 54.6 Å². The molecule has 6 heteroatoms. The molecule has 0 fully saturated rings. The van der Waals surface area contributed by atoms with Gasteiger partial charge in [-0.15, -0.1) is 0 Å². The van der Waals surface area contributed by atoms with Crippen LogP contribution in [-0.4, -0.2) is 24.7 Å². The van der Waals surface area contributed by atoms with Crippen molar-refractivity contribution in [3.63, 3.8) is 0 Å². The number of anilines is 1. The van der Waals surface area contributed by atoms with Gasteiger partial charge >= 0.3 is 6.09 Å². The zero-order chi connectivity index (χ0) is 19.5. The third-order valence-electron chi connectivity index (χ3n) is 3.83. The number of hydrogen-bond acceptors (Lipinski definition) is 4. The highest BCUT2D eigenvalue weighted by Gasteiger charge is 2.13. The molecule has 1 unspecified atom stereocenters. The maximum Gasteiger partial charge on any atom is 0.407 e. The summed E-state index contributed by atoms with van der Waals surface area (Å²) < 4.78 is 11.1. The quantitative estimate of drug-likeness (QED) is 0.703. The Morgan fingerprint density at radius 3 is 2.48 bits per heavy atom. The minimum Gasteiger partial charge on any atom is -0.444 e. The van der Waals surface area contributed by atoms with Crippen LogP contribution in [0.1, 0.15) is 31.4 Å². The van der Waals surface area contributed by atoms with Gasteiger partial charge in [-0.2, -0.15) is 0 Å². The molecule has 0 bridgehead atoms. The van der Waals surface area contributed by atoms with Crippen molar-refractivity contribution < 1.29 is 19.1 Å². The SMILES string of the molecule is CCC(COCc1cccc(NC(C)=O)c1)OC(=O)NCc1ccccc1. The van der Waals surface area contributed by atoms with Crippen molar-refractivity contribution in [3.8, 4) is 0 Å². The number of carbonyl (C=O) groups is 2. The van der Waals surface area contributed by atoms with Crippen LogP contribution >= 0.6 is 0 Å². The molecule has 0 spiro atoms. The predicted molar refractivity (Wildman–Crippen MR) is 104 cm³/mol. The van der Waals surface area contributed by atoms with E-state index in [0.29, 0.717) is 26.2 Å². The van der Waals surface area contributed by atoms with E-state index in [1.54, 1.807) is 0 Å². The van der Waals surface area contributed by atoms with E-state index in [9.17, 15) is 9.59 Å². The average molecular weight is 370 g/mol. The van der Waals surface area contributed by atoms with E-state index in [1.807, 2.05) is 61.5 Å². The Kier molecular flexibility index (Phi) is 8.32.